The molecule has 0 aromatic heterocycles. The van der Waals surface area contributed by atoms with Gasteiger partial charge < -0.3 is 10.0 Å². The summed E-state index contributed by atoms with van der Waals surface area (Å²) >= 11 is 0. The van der Waals surface area contributed by atoms with Gasteiger partial charge in [-0.25, -0.2) is 0 Å². The van der Waals surface area contributed by atoms with Crippen LogP contribution in [0, 0.1) is 5.92 Å². The van der Waals surface area contributed by atoms with E-state index >= 15 is 0 Å². The standard InChI is InChI=1S/C17H30N2O2/c1-2-11-19(15-7-8-15)12-9-13-4-3-10-17(13,16(20)21)18-14-5-6-14/h13-15,18H,2-12H2,1H3,(H,20,21). The van der Waals surface area contributed by atoms with Crippen molar-refractivity contribution in [3.05, 3.63) is 0 Å². The van der Waals surface area contributed by atoms with Crippen LogP contribution in [0.3, 0.4) is 0 Å². The van der Waals surface area contributed by atoms with Crippen LogP contribution >= 0.6 is 0 Å². The highest BCUT2D eigenvalue weighted by molar-refractivity contribution is 5.80. The van der Waals surface area contributed by atoms with Crippen LogP contribution in [0.4, 0.5) is 0 Å². The first-order valence-corrected chi connectivity index (χ1v) is 8.91. The molecule has 4 heteroatoms. The zero-order chi connectivity index (χ0) is 14.9. The molecule has 2 unspecified atom stereocenters. The Morgan fingerprint density at radius 3 is 2.57 bits per heavy atom. The summed E-state index contributed by atoms with van der Waals surface area (Å²) in [5.74, 6) is -0.293. The second-order valence-electron chi connectivity index (χ2n) is 7.34. The van der Waals surface area contributed by atoms with E-state index in [4.69, 9.17) is 0 Å². The molecule has 2 N–H and O–H groups in total. The SMILES string of the molecule is CCCN(CCC1CCCC1(NC1CC1)C(=O)O)C1CC1. The van der Waals surface area contributed by atoms with Crippen LogP contribution in [-0.2, 0) is 4.79 Å². The van der Waals surface area contributed by atoms with E-state index in [9.17, 15) is 9.90 Å². The first-order chi connectivity index (χ1) is 10.2. The van der Waals surface area contributed by atoms with E-state index in [-0.39, 0.29) is 0 Å². The van der Waals surface area contributed by atoms with Crippen molar-refractivity contribution >= 4 is 5.97 Å². The van der Waals surface area contributed by atoms with Crippen LogP contribution < -0.4 is 5.32 Å². The van der Waals surface area contributed by atoms with Crippen molar-refractivity contribution < 1.29 is 9.90 Å². The van der Waals surface area contributed by atoms with Gasteiger partial charge in [-0.2, -0.15) is 0 Å². The number of carbonyl (C=O) groups is 1. The van der Waals surface area contributed by atoms with Crippen molar-refractivity contribution in [2.24, 2.45) is 5.92 Å². The average molecular weight is 294 g/mol. The molecule has 3 saturated carbocycles. The van der Waals surface area contributed by atoms with Gasteiger partial charge >= 0.3 is 5.97 Å². The Hall–Kier alpha value is -0.610. The number of rotatable bonds is 9. The van der Waals surface area contributed by atoms with E-state index in [0.29, 0.717) is 12.0 Å². The molecule has 3 fully saturated rings. The van der Waals surface area contributed by atoms with Gasteiger partial charge in [-0.05, 0) is 70.4 Å². The summed E-state index contributed by atoms with van der Waals surface area (Å²) in [7, 11) is 0. The number of nitrogens with zero attached hydrogens (tertiary/aromatic N) is 1. The highest BCUT2D eigenvalue weighted by Gasteiger charge is 2.51. The lowest BCUT2D eigenvalue weighted by Gasteiger charge is -2.34. The quantitative estimate of drug-likeness (QED) is 0.686. The van der Waals surface area contributed by atoms with E-state index < -0.39 is 11.5 Å². The number of nitrogens with one attached hydrogen (secondary N) is 1. The Morgan fingerprint density at radius 2 is 2.00 bits per heavy atom. The molecule has 3 aliphatic carbocycles. The molecular formula is C17H30N2O2. The third-order valence-electron chi connectivity index (χ3n) is 5.58. The second-order valence-corrected chi connectivity index (χ2v) is 7.34. The van der Waals surface area contributed by atoms with Gasteiger partial charge in [0.2, 0.25) is 0 Å². The molecule has 0 aromatic rings. The fraction of sp³-hybridized carbons (Fsp3) is 0.941. The van der Waals surface area contributed by atoms with E-state index in [1.165, 1.54) is 25.8 Å². The lowest BCUT2D eigenvalue weighted by molar-refractivity contribution is -0.147. The van der Waals surface area contributed by atoms with Gasteiger partial charge in [0.05, 0.1) is 0 Å². The third kappa shape index (κ3) is 3.42. The molecule has 3 rings (SSSR count). The van der Waals surface area contributed by atoms with Crippen molar-refractivity contribution in [1.82, 2.24) is 10.2 Å². The van der Waals surface area contributed by atoms with Crippen molar-refractivity contribution in [3.8, 4) is 0 Å². The highest BCUT2D eigenvalue weighted by atomic mass is 16.4. The summed E-state index contributed by atoms with van der Waals surface area (Å²) in [6.45, 7) is 4.50. The van der Waals surface area contributed by atoms with E-state index in [2.05, 4.69) is 17.1 Å². The van der Waals surface area contributed by atoms with Crippen molar-refractivity contribution in [1.29, 1.82) is 0 Å². The summed E-state index contributed by atoms with van der Waals surface area (Å²) in [4.78, 5) is 14.5. The minimum atomic E-state index is -0.622. The normalized spacial score (nSPS) is 32.8. The molecule has 0 amide bonds. The maximum atomic E-state index is 11.9. The second kappa shape index (κ2) is 6.25. The zero-order valence-electron chi connectivity index (χ0n) is 13.3. The summed E-state index contributed by atoms with van der Waals surface area (Å²) in [6.07, 6.45) is 10.2. The summed E-state index contributed by atoms with van der Waals surface area (Å²) in [5, 5.41) is 13.3. The Kier molecular flexibility index (Phi) is 4.55. The van der Waals surface area contributed by atoms with Gasteiger partial charge in [0, 0.05) is 12.1 Å². The lowest BCUT2D eigenvalue weighted by Crippen LogP contribution is -2.56. The maximum absolute atomic E-state index is 11.9. The molecule has 0 spiro atoms. The van der Waals surface area contributed by atoms with Gasteiger partial charge in [0.1, 0.15) is 5.54 Å². The molecule has 3 aliphatic rings. The smallest absolute Gasteiger partial charge is 0.324 e. The maximum Gasteiger partial charge on any atom is 0.324 e. The molecule has 4 nitrogen and oxygen atoms in total. The van der Waals surface area contributed by atoms with E-state index in [0.717, 1.165) is 51.1 Å². The number of carboxylic acid groups (broad SMARTS) is 1. The van der Waals surface area contributed by atoms with Crippen LogP contribution in [0.1, 0.15) is 64.7 Å². The monoisotopic (exact) mass is 294 g/mol. The zero-order valence-corrected chi connectivity index (χ0v) is 13.3. The predicted octanol–water partition coefficient (Wildman–Crippen LogP) is 2.63. The Labute approximate surface area is 128 Å². The largest absolute Gasteiger partial charge is 0.480 e. The van der Waals surface area contributed by atoms with Gasteiger partial charge in [0.25, 0.3) is 0 Å². The lowest BCUT2D eigenvalue weighted by atomic mass is 9.84. The molecule has 21 heavy (non-hydrogen) atoms. The van der Waals surface area contributed by atoms with E-state index in [1.54, 1.807) is 0 Å². The number of carboxylic acids is 1. The fourth-order valence-electron chi connectivity index (χ4n) is 4.12. The molecule has 2 atom stereocenters. The van der Waals surface area contributed by atoms with Crippen LogP contribution in [-0.4, -0.2) is 46.7 Å². The predicted molar refractivity (Wildman–Crippen MR) is 83.4 cm³/mol. The van der Waals surface area contributed by atoms with Crippen molar-refractivity contribution in [2.45, 2.75) is 82.3 Å². The number of hydrogen-bond acceptors (Lipinski definition) is 3. The van der Waals surface area contributed by atoms with Gasteiger partial charge in [-0.3, -0.25) is 10.1 Å². The minimum Gasteiger partial charge on any atom is -0.480 e. The minimum absolute atomic E-state index is 0.314. The summed E-state index contributed by atoms with van der Waals surface area (Å²) in [6, 6.07) is 1.26. The number of aliphatic carboxylic acids is 1. The molecule has 0 heterocycles. The van der Waals surface area contributed by atoms with Crippen molar-refractivity contribution in [2.75, 3.05) is 13.1 Å². The summed E-state index contributed by atoms with van der Waals surface area (Å²) < 4.78 is 0. The molecule has 0 saturated heterocycles. The molecule has 0 aliphatic heterocycles. The van der Waals surface area contributed by atoms with Gasteiger partial charge in [-0.1, -0.05) is 13.3 Å². The van der Waals surface area contributed by atoms with Gasteiger partial charge in [-0.15, -0.1) is 0 Å². The number of hydrogen-bond donors (Lipinski definition) is 2. The van der Waals surface area contributed by atoms with E-state index in [1.807, 2.05) is 0 Å². The molecule has 120 valence electrons. The first kappa shape index (κ1) is 15.3. The Balaban J connectivity index is 1.60. The van der Waals surface area contributed by atoms with Crippen LogP contribution in [0.25, 0.3) is 0 Å². The molecule has 0 aromatic carbocycles. The average Bonchev–Trinajstić information content (AvgIpc) is 3.34. The van der Waals surface area contributed by atoms with Crippen LogP contribution in [0.5, 0.6) is 0 Å². The molecule has 0 bridgehead atoms. The summed E-state index contributed by atoms with van der Waals surface area (Å²) in [5.41, 5.74) is -0.622. The first-order valence-electron chi connectivity index (χ1n) is 8.91. The Bertz CT molecular complexity index is 379. The Morgan fingerprint density at radius 1 is 1.24 bits per heavy atom. The van der Waals surface area contributed by atoms with Crippen LogP contribution in [0.2, 0.25) is 0 Å². The van der Waals surface area contributed by atoms with Crippen LogP contribution in [0.15, 0.2) is 0 Å². The fourth-order valence-corrected chi connectivity index (χ4v) is 4.12. The highest BCUT2D eigenvalue weighted by Crippen LogP contribution is 2.41. The van der Waals surface area contributed by atoms with Gasteiger partial charge in [0.15, 0.2) is 0 Å². The topological polar surface area (TPSA) is 52.6 Å². The van der Waals surface area contributed by atoms with Crippen molar-refractivity contribution in [3.63, 3.8) is 0 Å². The molecular weight excluding hydrogens is 264 g/mol. The third-order valence-corrected chi connectivity index (χ3v) is 5.58. The molecule has 0 radical (unpaired) electrons.